The molecule has 6 heteroatoms. The van der Waals surface area contributed by atoms with Crippen molar-refractivity contribution in [2.45, 2.75) is 322 Å². The number of amides is 1. The summed E-state index contributed by atoms with van der Waals surface area (Å²) in [5.74, 6) is -0.459. The summed E-state index contributed by atoms with van der Waals surface area (Å²) in [7, 11) is 0. The van der Waals surface area contributed by atoms with Crippen LogP contribution in [0.1, 0.15) is 303 Å². The number of rotatable bonds is 50. The van der Waals surface area contributed by atoms with Crippen LogP contribution in [0.4, 0.5) is 0 Å². The molecule has 0 aliphatic carbocycles. The molecule has 0 aromatic heterocycles. The van der Waals surface area contributed by atoms with E-state index < -0.39 is 18.2 Å². The van der Waals surface area contributed by atoms with Gasteiger partial charge in [0.2, 0.25) is 5.91 Å². The summed E-state index contributed by atoms with van der Waals surface area (Å²) in [6.45, 7) is 6.50. The molecule has 0 radical (unpaired) electrons. The third-order valence-electron chi connectivity index (χ3n) is 12.8. The number of hydrogen-bond donors (Lipinski definition) is 3. The molecule has 6 nitrogen and oxygen atoms in total. The molecular weight excluding hydrogens is 755 g/mol. The minimum atomic E-state index is -0.783. The summed E-state index contributed by atoms with van der Waals surface area (Å²) in [5.41, 5.74) is 0. The summed E-state index contributed by atoms with van der Waals surface area (Å²) < 4.78 is 5.95. The number of ether oxygens (including phenoxy) is 1. The number of unbranched alkanes of at least 4 members (excludes halogenated alkanes) is 36. The van der Waals surface area contributed by atoms with Gasteiger partial charge in [0.15, 0.2) is 0 Å². The topological polar surface area (TPSA) is 95.9 Å². The number of aliphatic hydroxyl groups is 2. The predicted molar refractivity (Wildman–Crippen MR) is 264 cm³/mol. The highest BCUT2D eigenvalue weighted by Gasteiger charge is 2.24. The summed E-state index contributed by atoms with van der Waals surface area (Å²) in [6, 6.07) is -0.696. The summed E-state index contributed by atoms with van der Waals surface area (Å²) in [6.07, 6.45) is 55.5. The fourth-order valence-electron chi connectivity index (χ4n) is 8.66. The van der Waals surface area contributed by atoms with E-state index in [1.807, 2.05) is 0 Å². The van der Waals surface area contributed by atoms with Crippen molar-refractivity contribution in [1.29, 1.82) is 0 Å². The van der Waals surface area contributed by atoms with Gasteiger partial charge in [-0.1, -0.05) is 251 Å². The third-order valence-corrected chi connectivity index (χ3v) is 12.8. The Morgan fingerprint density at radius 1 is 0.459 bits per heavy atom. The zero-order valence-corrected chi connectivity index (χ0v) is 41.3. The zero-order chi connectivity index (χ0) is 44.5. The maximum atomic E-state index is 13.2. The molecule has 0 saturated carbocycles. The largest absolute Gasteiger partial charge is 0.462 e. The number of esters is 1. The van der Waals surface area contributed by atoms with Gasteiger partial charge in [-0.3, -0.25) is 9.59 Å². The van der Waals surface area contributed by atoms with Gasteiger partial charge in [0, 0.05) is 6.42 Å². The standard InChI is InChI=1S/C55H107NO5/c1-4-7-10-13-16-19-22-25-26-27-28-30-31-34-37-40-43-46-51(61-55(60)48-45-42-39-36-33-24-21-18-15-12-9-6-3)49-54(59)56-52(50-57)53(58)47-44-41-38-35-32-29-23-20-17-14-11-8-5-2/h25-26,51-53,57-58H,4-24,27-50H2,1-3H3,(H,56,59)/b26-25+. The zero-order valence-electron chi connectivity index (χ0n) is 41.3. The lowest BCUT2D eigenvalue weighted by molar-refractivity contribution is -0.151. The number of hydrogen-bond acceptors (Lipinski definition) is 5. The van der Waals surface area contributed by atoms with Crippen LogP contribution < -0.4 is 5.32 Å². The van der Waals surface area contributed by atoms with E-state index in [0.29, 0.717) is 19.3 Å². The first-order chi connectivity index (χ1) is 30.0. The number of carbonyl (C=O) groups is 2. The predicted octanol–water partition coefficient (Wildman–Crippen LogP) is 16.5. The summed E-state index contributed by atoms with van der Waals surface area (Å²) in [5, 5.41) is 23.8. The van der Waals surface area contributed by atoms with Gasteiger partial charge in [0.05, 0.1) is 25.2 Å². The van der Waals surface area contributed by atoms with E-state index in [1.165, 1.54) is 205 Å². The highest BCUT2D eigenvalue weighted by atomic mass is 16.5. The van der Waals surface area contributed by atoms with E-state index in [2.05, 4.69) is 38.2 Å². The van der Waals surface area contributed by atoms with Crippen LogP contribution in [0, 0.1) is 0 Å². The first-order valence-corrected chi connectivity index (χ1v) is 27.4. The minimum absolute atomic E-state index is 0.0819. The number of carbonyl (C=O) groups excluding carboxylic acids is 2. The molecule has 362 valence electrons. The Morgan fingerprint density at radius 3 is 1.16 bits per heavy atom. The molecule has 0 aromatic rings. The highest BCUT2D eigenvalue weighted by molar-refractivity contribution is 5.77. The molecule has 61 heavy (non-hydrogen) atoms. The maximum absolute atomic E-state index is 13.2. The SMILES string of the molecule is CCCCCCCC/C=C/CCCCCCCCCC(CC(=O)NC(CO)C(O)CCCCCCCCCCCCCCC)OC(=O)CCCCCCCCCCCCCC. The second kappa shape index (κ2) is 49.6. The van der Waals surface area contributed by atoms with E-state index in [-0.39, 0.29) is 24.9 Å². The number of nitrogens with one attached hydrogen (secondary N) is 1. The van der Waals surface area contributed by atoms with Crippen molar-refractivity contribution in [2.24, 2.45) is 0 Å². The van der Waals surface area contributed by atoms with Gasteiger partial charge in [-0.15, -0.1) is 0 Å². The molecule has 3 atom stereocenters. The summed E-state index contributed by atoms with van der Waals surface area (Å²) >= 11 is 0. The fourth-order valence-corrected chi connectivity index (χ4v) is 8.66. The van der Waals surface area contributed by atoms with Crippen molar-refractivity contribution < 1.29 is 24.5 Å². The van der Waals surface area contributed by atoms with Crippen LogP contribution in [0.15, 0.2) is 12.2 Å². The van der Waals surface area contributed by atoms with Crippen LogP contribution in [-0.2, 0) is 14.3 Å². The van der Waals surface area contributed by atoms with Crippen molar-refractivity contribution in [2.75, 3.05) is 6.61 Å². The van der Waals surface area contributed by atoms with Crippen molar-refractivity contribution >= 4 is 11.9 Å². The molecule has 0 aliphatic heterocycles. The molecule has 0 fully saturated rings. The van der Waals surface area contributed by atoms with E-state index in [4.69, 9.17) is 4.74 Å². The van der Waals surface area contributed by atoms with Crippen LogP contribution in [0.2, 0.25) is 0 Å². The van der Waals surface area contributed by atoms with E-state index in [0.717, 1.165) is 51.4 Å². The molecule has 0 spiro atoms. The van der Waals surface area contributed by atoms with Crippen molar-refractivity contribution in [3.8, 4) is 0 Å². The lowest BCUT2D eigenvalue weighted by Crippen LogP contribution is -2.46. The number of aliphatic hydroxyl groups excluding tert-OH is 2. The Morgan fingerprint density at radius 2 is 0.787 bits per heavy atom. The molecule has 0 aliphatic rings. The lowest BCUT2D eigenvalue weighted by Gasteiger charge is -2.24. The Kier molecular flexibility index (Phi) is 48.5. The molecule has 1 amide bonds. The van der Waals surface area contributed by atoms with Crippen molar-refractivity contribution in [3.63, 3.8) is 0 Å². The molecule has 3 N–H and O–H groups in total. The Bertz CT molecular complexity index is 924. The monoisotopic (exact) mass is 862 g/mol. The first kappa shape index (κ1) is 59.6. The molecule has 0 bridgehead atoms. The van der Waals surface area contributed by atoms with Crippen molar-refractivity contribution in [1.82, 2.24) is 5.32 Å². The average molecular weight is 862 g/mol. The van der Waals surface area contributed by atoms with Gasteiger partial charge in [-0.05, 0) is 51.4 Å². The molecule has 3 unspecified atom stereocenters. The maximum Gasteiger partial charge on any atom is 0.306 e. The van der Waals surface area contributed by atoms with Crippen LogP contribution in [0.5, 0.6) is 0 Å². The van der Waals surface area contributed by atoms with E-state index >= 15 is 0 Å². The Balaban J connectivity index is 4.53. The van der Waals surface area contributed by atoms with Crippen LogP contribution in [0.3, 0.4) is 0 Å². The average Bonchev–Trinajstić information content (AvgIpc) is 3.25. The molecule has 0 aromatic carbocycles. The smallest absolute Gasteiger partial charge is 0.306 e. The first-order valence-electron chi connectivity index (χ1n) is 27.4. The molecular formula is C55H107NO5. The van der Waals surface area contributed by atoms with Crippen LogP contribution >= 0.6 is 0 Å². The van der Waals surface area contributed by atoms with Gasteiger partial charge < -0.3 is 20.3 Å². The quantitative estimate of drug-likeness (QED) is 0.0322. The van der Waals surface area contributed by atoms with Gasteiger partial charge in [0.25, 0.3) is 0 Å². The second-order valence-corrected chi connectivity index (χ2v) is 19.0. The van der Waals surface area contributed by atoms with E-state index in [1.54, 1.807) is 0 Å². The van der Waals surface area contributed by atoms with Crippen LogP contribution in [-0.4, -0.2) is 46.9 Å². The van der Waals surface area contributed by atoms with Gasteiger partial charge >= 0.3 is 5.97 Å². The molecule has 0 rings (SSSR count). The second-order valence-electron chi connectivity index (χ2n) is 19.0. The van der Waals surface area contributed by atoms with Crippen molar-refractivity contribution in [3.05, 3.63) is 12.2 Å². The molecule has 0 saturated heterocycles. The molecule has 0 heterocycles. The Hall–Kier alpha value is -1.40. The fraction of sp³-hybridized carbons (Fsp3) is 0.927. The number of allylic oxidation sites excluding steroid dienone is 2. The van der Waals surface area contributed by atoms with Gasteiger partial charge in [-0.2, -0.15) is 0 Å². The van der Waals surface area contributed by atoms with Gasteiger partial charge in [-0.25, -0.2) is 0 Å². The van der Waals surface area contributed by atoms with E-state index in [9.17, 15) is 19.8 Å². The lowest BCUT2D eigenvalue weighted by atomic mass is 10.0. The minimum Gasteiger partial charge on any atom is -0.462 e. The van der Waals surface area contributed by atoms with Gasteiger partial charge in [0.1, 0.15) is 6.10 Å². The third kappa shape index (κ3) is 45.0. The highest BCUT2D eigenvalue weighted by Crippen LogP contribution is 2.19. The Labute approximate surface area is 380 Å². The summed E-state index contributed by atoms with van der Waals surface area (Å²) in [4.78, 5) is 26.2. The van der Waals surface area contributed by atoms with Crippen LogP contribution in [0.25, 0.3) is 0 Å². The normalized spacial score (nSPS) is 13.2.